The second-order valence-electron chi connectivity index (χ2n) is 8.21. The molecule has 0 radical (unpaired) electrons. The minimum atomic E-state index is -0.755. The van der Waals surface area contributed by atoms with Crippen molar-refractivity contribution in [1.82, 2.24) is 10.2 Å². The van der Waals surface area contributed by atoms with Crippen molar-refractivity contribution in [3.8, 4) is 0 Å². The summed E-state index contributed by atoms with van der Waals surface area (Å²) in [6.07, 6.45) is 7.20. The number of unbranched alkanes of at least 4 members (excludes halogenated alkanes) is 1. The van der Waals surface area contributed by atoms with Crippen molar-refractivity contribution in [2.24, 2.45) is 5.92 Å². The fraction of sp³-hybridized carbons (Fsp3) is 0.682. The van der Waals surface area contributed by atoms with E-state index in [1.54, 1.807) is 30.9 Å². The van der Waals surface area contributed by atoms with Gasteiger partial charge < -0.3 is 20.1 Å². The van der Waals surface area contributed by atoms with E-state index in [9.17, 15) is 19.5 Å². The van der Waals surface area contributed by atoms with Gasteiger partial charge >= 0.3 is 5.97 Å². The minimum absolute atomic E-state index is 0.0547. The molecule has 7 nitrogen and oxygen atoms in total. The lowest BCUT2D eigenvalue weighted by molar-refractivity contribution is -0.147. The van der Waals surface area contributed by atoms with Crippen LogP contribution < -0.4 is 5.32 Å². The molecule has 2 N–H and O–H groups in total. The number of hydrogen-bond acceptors (Lipinski definition) is 5. The Morgan fingerprint density at radius 2 is 2.03 bits per heavy atom. The molecule has 1 rings (SSSR count). The van der Waals surface area contributed by atoms with Crippen LogP contribution in [0.5, 0.6) is 0 Å². The molecule has 0 aromatic rings. The van der Waals surface area contributed by atoms with Crippen LogP contribution in [0.1, 0.15) is 58.8 Å². The van der Waals surface area contributed by atoms with E-state index in [2.05, 4.69) is 18.5 Å². The number of hydrogen-bond donors (Lipinski definition) is 2. The number of likely N-dealkylation sites (tertiary alicyclic amines) is 1. The molecule has 1 fully saturated rings. The molecule has 0 saturated carbocycles. The largest absolute Gasteiger partial charge is 0.463 e. The lowest BCUT2D eigenvalue weighted by atomic mass is 9.97. The molecule has 164 valence electrons. The molecular weight excluding hydrogens is 372 g/mol. The molecular formula is C22H36N2O5. The van der Waals surface area contributed by atoms with Crippen molar-refractivity contribution < 1.29 is 24.2 Å². The number of aliphatic hydroxyl groups is 1. The molecule has 7 heteroatoms. The maximum absolute atomic E-state index is 12.8. The topological polar surface area (TPSA) is 95.9 Å². The average molecular weight is 409 g/mol. The zero-order chi connectivity index (χ0) is 21.9. The van der Waals surface area contributed by atoms with E-state index in [1.165, 1.54) is 0 Å². The SMILES string of the molecule is C=CCCCC(=O)OCC(C)(C)NC(=O)[C@H](CC=C)CC(=O)N1CCC[C@H]1CO. The average Bonchev–Trinajstić information content (AvgIpc) is 3.15. The Balaban J connectivity index is 2.59. The van der Waals surface area contributed by atoms with Gasteiger partial charge in [0.25, 0.3) is 0 Å². The number of carbonyl (C=O) groups is 3. The zero-order valence-corrected chi connectivity index (χ0v) is 17.8. The van der Waals surface area contributed by atoms with Crippen LogP contribution >= 0.6 is 0 Å². The van der Waals surface area contributed by atoms with Gasteiger partial charge in [0.05, 0.1) is 24.1 Å². The fourth-order valence-corrected chi connectivity index (χ4v) is 3.36. The first kappa shape index (κ1) is 24.9. The number of aliphatic hydroxyl groups excluding tert-OH is 1. The highest BCUT2D eigenvalue weighted by atomic mass is 16.5. The fourth-order valence-electron chi connectivity index (χ4n) is 3.36. The summed E-state index contributed by atoms with van der Waals surface area (Å²) in [5.74, 6) is -1.26. The quantitative estimate of drug-likeness (QED) is 0.277. The molecule has 0 aromatic heterocycles. The van der Waals surface area contributed by atoms with Crippen LogP contribution in [-0.4, -0.2) is 59.1 Å². The van der Waals surface area contributed by atoms with Crippen LogP contribution in [0, 0.1) is 5.92 Å². The van der Waals surface area contributed by atoms with Crippen LogP contribution in [-0.2, 0) is 19.1 Å². The third kappa shape index (κ3) is 8.81. The second kappa shape index (κ2) is 12.4. The molecule has 0 aliphatic carbocycles. The molecule has 0 unspecified atom stereocenters. The first-order valence-electron chi connectivity index (χ1n) is 10.3. The van der Waals surface area contributed by atoms with E-state index >= 15 is 0 Å². The van der Waals surface area contributed by atoms with Crippen molar-refractivity contribution >= 4 is 17.8 Å². The number of nitrogens with one attached hydrogen (secondary N) is 1. The summed E-state index contributed by atoms with van der Waals surface area (Å²) < 4.78 is 5.27. The standard InChI is InChI=1S/C22H36N2O5/c1-5-7-8-12-20(27)29-16-22(3,4)23-21(28)17(10-6-2)14-19(26)24-13-9-11-18(24)15-25/h5-6,17-18,25H,1-2,7-16H2,3-4H3,(H,23,28)/t17-,18+/m1/s1. The first-order chi connectivity index (χ1) is 13.7. The molecule has 1 saturated heterocycles. The summed E-state index contributed by atoms with van der Waals surface area (Å²) >= 11 is 0. The molecule has 1 aliphatic rings. The van der Waals surface area contributed by atoms with Gasteiger partial charge in [0.15, 0.2) is 0 Å². The van der Waals surface area contributed by atoms with E-state index in [4.69, 9.17) is 4.74 Å². The van der Waals surface area contributed by atoms with Gasteiger partial charge in [-0.1, -0.05) is 12.2 Å². The molecule has 1 heterocycles. The molecule has 2 amide bonds. The molecule has 2 atom stereocenters. The highest BCUT2D eigenvalue weighted by molar-refractivity contribution is 5.86. The third-order valence-electron chi connectivity index (χ3n) is 5.00. The lowest BCUT2D eigenvalue weighted by Crippen LogP contribution is -2.50. The Bertz CT molecular complexity index is 588. The minimum Gasteiger partial charge on any atom is -0.463 e. The van der Waals surface area contributed by atoms with Gasteiger partial charge in [-0.05, 0) is 46.0 Å². The van der Waals surface area contributed by atoms with Crippen molar-refractivity contribution in [2.75, 3.05) is 19.8 Å². The number of esters is 1. The summed E-state index contributed by atoms with van der Waals surface area (Å²) in [5, 5.41) is 12.3. The van der Waals surface area contributed by atoms with E-state index in [0.717, 1.165) is 19.3 Å². The van der Waals surface area contributed by atoms with E-state index in [0.29, 0.717) is 25.8 Å². The Hall–Kier alpha value is -2.15. The van der Waals surface area contributed by atoms with Gasteiger partial charge in [-0.3, -0.25) is 14.4 Å². The predicted molar refractivity (Wildman–Crippen MR) is 112 cm³/mol. The number of amides is 2. The lowest BCUT2D eigenvalue weighted by Gasteiger charge is -2.29. The normalized spacial score (nSPS) is 17.5. The Labute approximate surface area is 174 Å². The number of allylic oxidation sites excluding steroid dienone is 2. The van der Waals surface area contributed by atoms with Gasteiger partial charge in [0.2, 0.25) is 11.8 Å². The molecule has 29 heavy (non-hydrogen) atoms. The highest BCUT2D eigenvalue weighted by Crippen LogP contribution is 2.21. The van der Waals surface area contributed by atoms with Crippen LogP contribution in [0.15, 0.2) is 25.3 Å². The van der Waals surface area contributed by atoms with Gasteiger partial charge in [-0.15, -0.1) is 13.2 Å². The number of carbonyl (C=O) groups excluding carboxylic acids is 3. The summed E-state index contributed by atoms with van der Waals surface area (Å²) in [4.78, 5) is 38.9. The highest BCUT2D eigenvalue weighted by Gasteiger charge is 2.32. The second-order valence-corrected chi connectivity index (χ2v) is 8.21. The monoisotopic (exact) mass is 408 g/mol. The number of ether oxygens (including phenoxy) is 1. The summed E-state index contributed by atoms with van der Waals surface area (Å²) in [6, 6.07) is -0.160. The van der Waals surface area contributed by atoms with Crippen molar-refractivity contribution in [3.05, 3.63) is 25.3 Å². The summed E-state index contributed by atoms with van der Waals surface area (Å²) in [5.41, 5.74) is -0.755. The van der Waals surface area contributed by atoms with Crippen LogP contribution in [0.25, 0.3) is 0 Å². The van der Waals surface area contributed by atoms with Crippen LogP contribution in [0.3, 0.4) is 0 Å². The smallest absolute Gasteiger partial charge is 0.305 e. The van der Waals surface area contributed by atoms with Crippen LogP contribution in [0.4, 0.5) is 0 Å². The summed E-state index contributed by atoms with van der Waals surface area (Å²) in [7, 11) is 0. The van der Waals surface area contributed by atoms with Crippen molar-refractivity contribution in [3.63, 3.8) is 0 Å². The van der Waals surface area contributed by atoms with E-state index in [-0.39, 0.29) is 43.5 Å². The van der Waals surface area contributed by atoms with Gasteiger partial charge in [-0.2, -0.15) is 0 Å². The number of nitrogens with zero attached hydrogens (tertiary/aromatic N) is 1. The van der Waals surface area contributed by atoms with E-state index in [1.807, 2.05) is 0 Å². The van der Waals surface area contributed by atoms with Gasteiger partial charge in [0, 0.05) is 19.4 Å². The summed E-state index contributed by atoms with van der Waals surface area (Å²) in [6.45, 7) is 11.5. The van der Waals surface area contributed by atoms with Crippen molar-refractivity contribution in [1.29, 1.82) is 0 Å². The van der Waals surface area contributed by atoms with E-state index < -0.39 is 11.5 Å². The molecule has 0 aromatic carbocycles. The maximum Gasteiger partial charge on any atom is 0.305 e. The number of rotatable bonds is 13. The Morgan fingerprint density at radius 1 is 1.31 bits per heavy atom. The van der Waals surface area contributed by atoms with Gasteiger partial charge in [0.1, 0.15) is 6.61 Å². The molecule has 0 spiro atoms. The predicted octanol–water partition coefficient (Wildman–Crippen LogP) is 2.35. The zero-order valence-electron chi connectivity index (χ0n) is 17.8. The first-order valence-corrected chi connectivity index (χ1v) is 10.3. The maximum atomic E-state index is 12.8. The third-order valence-corrected chi connectivity index (χ3v) is 5.00. The molecule has 1 aliphatic heterocycles. The Kier molecular flexibility index (Phi) is 10.7. The van der Waals surface area contributed by atoms with Gasteiger partial charge in [-0.25, -0.2) is 0 Å². The van der Waals surface area contributed by atoms with Crippen LogP contribution in [0.2, 0.25) is 0 Å². The molecule has 0 bridgehead atoms. The Morgan fingerprint density at radius 3 is 2.66 bits per heavy atom. The van der Waals surface area contributed by atoms with Crippen molar-refractivity contribution in [2.45, 2.75) is 70.4 Å².